The van der Waals surface area contributed by atoms with Crippen molar-refractivity contribution in [3.63, 3.8) is 0 Å². The molecule has 1 heterocycles. The number of nitrogens with zero attached hydrogens (tertiary/aromatic N) is 6. The molecule has 0 bridgehead atoms. The van der Waals surface area contributed by atoms with Gasteiger partial charge in [-0.2, -0.15) is 14.8 Å². The van der Waals surface area contributed by atoms with Gasteiger partial charge in [0.1, 0.15) is 29.0 Å². The van der Waals surface area contributed by atoms with Crippen LogP contribution in [0.1, 0.15) is 33.3 Å². The van der Waals surface area contributed by atoms with Gasteiger partial charge in [-0.25, -0.2) is 9.67 Å². The summed E-state index contributed by atoms with van der Waals surface area (Å²) in [5, 5.41) is 28.1. The first-order valence-corrected chi connectivity index (χ1v) is 8.53. The molecule has 0 saturated carbocycles. The van der Waals surface area contributed by atoms with Gasteiger partial charge < -0.3 is 5.32 Å². The van der Waals surface area contributed by atoms with Crippen LogP contribution in [0.25, 0.3) is 11.3 Å². The van der Waals surface area contributed by atoms with Crippen molar-refractivity contribution in [2.24, 2.45) is 9.98 Å². The Balaban J connectivity index is 2.72. The summed E-state index contributed by atoms with van der Waals surface area (Å²) >= 11 is 0. The fourth-order valence-electron chi connectivity index (χ4n) is 2.51. The van der Waals surface area contributed by atoms with Crippen LogP contribution in [0.4, 0.5) is 15.9 Å². The van der Waals surface area contributed by atoms with Gasteiger partial charge in [0.2, 0.25) is 5.82 Å². The number of rotatable bonds is 6. The van der Waals surface area contributed by atoms with Crippen LogP contribution in [0.15, 0.2) is 40.2 Å². The van der Waals surface area contributed by atoms with Crippen molar-refractivity contribution >= 4 is 24.4 Å². The van der Waals surface area contributed by atoms with Gasteiger partial charge in [0, 0.05) is 17.8 Å². The smallest absolute Gasteiger partial charge is 0.304 e. The van der Waals surface area contributed by atoms with Crippen molar-refractivity contribution in [3.05, 3.63) is 51.7 Å². The first kappa shape index (κ1) is 21.4. The van der Waals surface area contributed by atoms with Crippen molar-refractivity contribution in [1.82, 2.24) is 9.78 Å². The molecule has 0 radical (unpaired) electrons. The predicted octanol–water partition coefficient (Wildman–Crippen LogP) is 4.23. The molecule has 0 spiro atoms. The molecule has 10 heteroatoms. The number of hydrogen-bond donors (Lipinski definition) is 1. The summed E-state index contributed by atoms with van der Waals surface area (Å²) < 4.78 is 15.7. The first-order valence-electron chi connectivity index (χ1n) is 8.53. The molecule has 0 atom stereocenters. The van der Waals surface area contributed by atoms with Crippen molar-refractivity contribution in [1.29, 1.82) is 5.26 Å². The van der Waals surface area contributed by atoms with Crippen LogP contribution in [0, 0.1) is 27.3 Å². The molecule has 9 nitrogen and oxygen atoms in total. The summed E-state index contributed by atoms with van der Waals surface area (Å²) in [6, 6.07) is 5.45. The second-order valence-corrected chi connectivity index (χ2v) is 6.89. The van der Waals surface area contributed by atoms with E-state index in [2.05, 4.69) is 33.2 Å². The number of nitro benzene ring substituents is 1. The lowest BCUT2D eigenvalue weighted by molar-refractivity contribution is -0.387. The van der Waals surface area contributed by atoms with E-state index in [1.807, 2.05) is 20.8 Å². The number of nitrogens with one attached hydrogen (secondary N) is 1. The fourth-order valence-corrected chi connectivity index (χ4v) is 2.51. The summed E-state index contributed by atoms with van der Waals surface area (Å²) in [6.07, 6.45) is 2.99. The van der Waals surface area contributed by atoms with E-state index in [0.717, 1.165) is 12.1 Å². The Labute approximate surface area is 167 Å². The van der Waals surface area contributed by atoms with E-state index >= 15 is 0 Å². The second kappa shape index (κ2) is 8.43. The molecule has 0 amide bonds. The largest absolute Gasteiger partial charge is 0.323 e. The Bertz CT molecular complexity index is 1060. The molecule has 0 aliphatic heterocycles. The summed E-state index contributed by atoms with van der Waals surface area (Å²) in [6.45, 7) is 10.8. The van der Waals surface area contributed by atoms with Crippen LogP contribution in [0.3, 0.4) is 0 Å². The Morgan fingerprint density at radius 1 is 1.48 bits per heavy atom. The number of nitro groups is 1. The summed E-state index contributed by atoms with van der Waals surface area (Å²) in [5.74, 6) is -0.410. The monoisotopic (exact) mass is 397 g/mol. The SMILES string of the molecule is C=N/C(=C\N=CC)Nc1c(C#N)c(-c2ccc([N+](=O)[O-])c(F)c2)nn1C(C)(C)C. The predicted molar refractivity (Wildman–Crippen MR) is 109 cm³/mol. The van der Waals surface area contributed by atoms with Crippen LogP contribution in [-0.4, -0.2) is 27.6 Å². The molecule has 0 aliphatic carbocycles. The molecule has 2 rings (SSSR count). The Hall–Kier alpha value is -3.87. The third-order valence-corrected chi connectivity index (χ3v) is 3.81. The van der Waals surface area contributed by atoms with Crippen molar-refractivity contribution in [2.45, 2.75) is 33.2 Å². The van der Waals surface area contributed by atoms with E-state index in [1.54, 1.807) is 17.8 Å². The number of hydrogen-bond acceptors (Lipinski definition) is 7. The Morgan fingerprint density at radius 2 is 2.17 bits per heavy atom. The highest BCUT2D eigenvalue weighted by atomic mass is 19.1. The molecule has 2 aromatic rings. The maximum atomic E-state index is 14.1. The molecule has 1 aromatic carbocycles. The fraction of sp³-hybridized carbons (Fsp3) is 0.263. The standard InChI is InChI=1S/C19H20FN7O2/c1-6-23-11-16(22-5)24-18-13(10-21)17(25-26(18)19(2,3)4)12-7-8-15(27(28)29)14(20)9-12/h6-9,11,24H,5H2,1-4H3/b16-11+,23-6?. The third kappa shape index (κ3) is 4.52. The number of halogens is 1. The zero-order chi connectivity index (χ0) is 21.8. The molecular formula is C19H20FN7O2. The highest BCUT2D eigenvalue weighted by Crippen LogP contribution is 2.34. The van der Waals surface area contributed by atoms with Crippen LogP contribution < -0.4 is 5.32 Å². The maximum Gasteiger partial charge on any atom is 0.304 e. The molecule has 1 aromatic heterocycles. The highest BCUT2D eigenvalue weighted by molar-refractivity contribution is 5.75. The zero-order valence-electron chi connectivity index (χ0n) is 16.5. The van der Waals surface area contributed by atoms with Gasteiger partial charge in [-0.1, -0.05) is 0 Å². The van der Waals surface area contributed by atoms with Crippen LogP contribution in [0.5, 0.6) is 0 Å². The second-order valence-electron chi connectivity index (χ2n) is 6.89. The van der Waals surface area contributed by atoms with E-state index in [4.69, 9.17) is 0 Å². The van der Waals surface area contributed by atoms with E-state index in [9.17, 15) is 19.8 Å². The van der Waals surface area contributed by atoms with Crippen LogP contribution in [0.2, 0.25) is 0 Å². The third-order valence-electron chi connectivity index (χ3n) is 3.81. The van der Waals surface area contributed by atoms with Crippen LogP contribution in [-0.2, 0) is 5.54 Å². The number of aliphatic imine (C=N–C) groups is 2. The zero-order valence-corrected chi connectivity index (χ0v) is 16.5. The molecule has 150 valence electrons. The van der Waals surface area contributed by atoms with E-state index in [0.29, 0.717) is 5.82 Å². The van der Waals surface area contributed by atoms with Gasteiger partial charge >= 0.3 is 5.69 Å². The van der Waals surface area contributed by atoms with Gasteiger partial charge in [-0.15, -0.1) is 0 Å². The molecule has 1 N–H and O–H groups in total. The Morgan fingerprint density at radius 3 is 2.66 bits per heavy atom. The quantitative estimate of drug-likeness (QED) is 0.444. The van der Waals surface area contributed by atoms with Gasteiger partial charge in [-0.05, 0) is 46.5 Å². The molecule has 0 aliphatic rings. The maximum absolute atomic E-state index is 14.1. The average Bonchev–Trinajstić information content (AvgIpc) is 3.03. The molecule has 0 fully saturated rings. The van der Waals surface area contributed by atoms with Gasteiger partial charge in [-0.3, -0.25) is 15.1 Å². The van der Waals surface area contributed by atoms with Crippen molar-refractivity contribution < 1.29 is 9.31 Å². The summed E-state index contributed by atoms with van der Waals surface area (Å²) in [4.78, 5) is 17.9. The first-order chi connectivity index (χ1) is 13.6. The lowest BCUT2D eigenvalue weighted by atomic mass is 10.1. The van der Waals surface area contributed by atoms with Crippen LogP contribution >= 0.6 is 0 Å². The number of anilines is 1. The van der Waals surface area contributed by atoms with Gasteiger partial charge in [0.25, 0.3) is 0 Å². The lowest BCUT2D eigenvalue weighted by Crippen LogP contribution is -2.25. The number of aromatic nitrogens is 2. The Kier molecular flexibility index (Phi) is 6.23. The molecule has 0 saturated heterocycles. The summed E-state index contributed by atoms with van der Waals surface area (Å²) in [5.41, 5.74) is -0.658. The van der Waals surface area contributed by atoms with E-state index in [1.165, 1.54) is 12.3 Å². The average molecular weight is 397 g/mol. The van der Waals surface area contributed by atoms with E-state index < -0.39 is 22.0 Å². The molecule has 29 heavy (non-hydrogen) atoms. The van der Waals surface area contributed by atoms with Crippen molar-refractivity contribution in [3.8, 4) is 17.3 Å². The summed E-state index contributed by atoms with van der Waals surface area (Å²) in [7, 11) is 0. The van der Waals surface area contributed by atoms with Gasteiger partial charge in [0.05, 0.1) is 16.7 Å². The van der Waals surface area contributed by atoms with Crippen molar-refractivity contribution in [2.75, 3.05) is 5.32 Å². The number of nitriles is 1. The molecule has 0 unspecified atom stereocenters. The number of benzene rings is 1. The minimum Gasteiger partial charge on any atom is -0.323 e. The molecular weight excluding hydrogens is 377 g/mol. The topological polar surface area (TPSA) is 122 Å². The van der Waals surface area contributed by atoms with E-state index in [-0.39, 0.29) is 22.6 Å². The minimum absolute atomic E-state index is 0.128. The lowest BCUT2D eigenvalue weighted by Gasteiger charge is -2.22. The highest BCUT2D eigenvalue weighted by Gasteiger charge is 2.27. The minimum atomic E-state index is -1.01. The van der Waals surface area contributed by atoms with Gasteiger partial charge in [0.15, 0.2) is 0 Å². The normalized spacial score (nSPS) is 12.1.